The van der Waals surface area contributed by atoms with Gasteiger partial charge >= 0.3 is 0 Å². The van der Waals surface area contributed by atoms with Gasteiger partial charge in [0.15, 0.2) is 6.20 Å². The first-order valence-electron chi connectivity index (χ1n) is 12.6. The molecule has 0 saturated heterocycles. The van der Waals surface area contributed by atoms with Crippen LogP contribution >= 0.6 is 0 Å². The van der Waals surface area contributed by atoms with Gasteiger partial charge in [-0.25, -0.2) is 4.39 Å². The highest BCUT2D eigenvalue weighted by atomic mass is 19.1. The molecule has 1 heterocycles. The van der Waals surface area contributed by atoms with Gasteiger partial charge in [-0.05, 0) is 63.8 Å². The predicted molar refractivity (Wildman–Crippen MR) is 147 cm³/mol. The van der Waals surface area contributed by atoms with Crippen LogP contribution in [-0.2, 0) is 18.9 Å². The van der Waals surface area contributed by atoms with Crippen molar-refractivity contribution in [3.8, 4) is 28.5 Å². The van der Waals surface area contributed by atoms with Crippen molar-refractivity contribution in [1.29, 1.82) is 5.26 Å². The Labute approximate surface area is 215 Å². The second-order valence-corrected chi connectivity index (χ2v) is 12.2. The van der Waals surface area contributed by atoms with Crippen LogP contribution in [0.25, 0.3) is 33.2 Å². The summed E-state index contributed by atoms with van der Waals surface area (Å²) in [5.41, 5.74) is 7.00. The van der Waals surface area contributed by atoms with E-state index in [1.54, 1.807) is 6.07 Å². The number of hydrogen-bond donors (Lipinski definition) is 0. The summed E-state index contributed by atoms with van der Waals surface area (Å²) in [7, 11) is 1.95. The number of aryl methyl sites for hydroxylation is 2. The van der Waals surface area contributed by atoms with Crippen molar-refractivity contribution in [1.82, 2.24) is 0 Å². The zero-order valence-electron chi connectivity index (χ0n) is 22.8. The summed E-state index contributed by atoms with van der Waals surface area (Å²) >= 11 is 0. The van der Waals surface area contributed by atoms with Gasteiger partial charge in [0.1, 0.15) is 24.5 Å². The van der Waals surface area contributed by atoms with Crippen LogP contribution in [0.1, 0.15) is 63.8 Å². The minimum absolute atomic E-state index is 0.0506. The van der Waals surface area contributed by atoms with Crippen molar-refractivity contribution in [2.75, 3.05) is 0 Å². The van der Waals surface area contributed by atoms with Gasteiger partial charge in [-0.15, -0.1) is 0 Å². The molecule has 0 unspecified atom stereocenters. The number of halogens is 1. The number of benzene rings is 3. The fourth-order valence-corrected chi connectivity index (χ4v) is 5.14. The number of rotatable bonds is 3. The molecule has 4 rings (SSSR count). The van der Waals surface area contributed by atoms with Crippen LogP contribution in [0.4, 0.5) is 4.39 Å². The fraction of sp³-hybridized carbons (Fsp3) is 0.333. The highest BCUT2D eigenvalue weighted by Gasteiger charge is 2.25. The third-order valence-electron chi connectivity index (χ3n) is 6.85. The van der Waals surface area contributed by atoms with E-state index in [1.807, 2.05) is 36.0 Å². The predicted octanol–water partition coefficient (Wildman–Crippen LogP) is 8.20. The minimum atomic E-state index is -0.293. The van der Waals surface area contributed by atoms with Crippen LogP contribution in [0.15, 0.2) is 60.8 Å². The van der Waals surface area contributed by atoms with Crippen LogP contribution in [-0.4, -0.2) is 0 Å². The summed E-state index contributed by atoms with van der Waals surface area (Å²) in [4.78, 5) is 0. The zero-order chi connectivity index (χ0) is 26.4. The van der Waals surface area contributed by atoms with E-state index in [4.69, 9.17) is 0 Å². The first-order valence-corrected chi connectivity index (χ1v) is 12.6. The highest BCUT2D eigenvalue weighted by molar-refractivity contribution is 5.94. The lowest BCUT2D eigenvalue weighted by Crippen LogP contribution is -2.32. The molecule has 1 aromatic heterocycles. The number of hydrogen-bond acceptors (Lipinski definition) is 1. The summed E-state index contributed by atoms with van der Waals surface area (Å²) in [6.07, 6.45) is 2.61. The van der Waals surface area contributed by atoms with E-state index >= 15 is 4.39 Å². The van der Waals surface area contributed by atoms with Gasteiger partial charge < -0.3 is 0 Å². The molecule has 0 aliphatic carbocycles. The van der Waals surface area contributed by atoms with Gasteiger partial charge in [0, 0.05) is 22.8 Å². The summed E-state index contributed by atoms with van der Waals surface area (Å²) in [5.74, 6) is -0.293. The lowest BCUT2D eigenvalue weighted by atomic mass is 9.80. The minimum Gasteiger partial charge on any atom is -0.206 e. The molecule has 0 saturated carbocycles. The standard InChI is InChI=1S/C33H36FN2/c1-21-24-11-9-10-12-25(24)29(33(5,6)7)16-27(21)31-17-28(23(19-35)20-36(31)8)26-14-13-22(15-30(26)34)18-32(2,3)4/h9-17,20H,18H2,1-8H3/q+1. The number of nitriles is 1. The fourth-order valence-electron chi connectivity index (χ4n) is 5.14. The largest absolute Gasteiger partial charge is 0.213 e. The van der Waals surface area contributed by atoms with Crippen molar-refractivity contribution >= 4 is 10.8 Å². The van der Waals surface area contributed by atoms with E-state index in [1.165, 1.54) is 21.9 Å². The quantitative estimate of drug-likeness (QED) is 0.272. The molecule has 36 heavy (non-hydrogen) atoms. The van der Waals surface area contributed by atoms with Gasteiger partial charge in [0.05, 0.1) is 0 Å². The maximum Gasteiger partial charge on any atom is 0.213 e. The molecule has 0 aliphatic heterocycles. The Morgan fingerprint density at radius 2 is 1.53 bits per heavy atom. The monoisotopic (exact) mass is 479 g/mol. The summed E-state index contributed by atoms with van der Waals surface area (Å²) in [5, 5.41) is 12.4. The average molecular weight is 480 g/mol. The first-order chi connectivity index (χ1) is 16.8. The normalized spacial score (nSPS) is 12.1. The molecule has 0 bridgehead atoms. The first kappa shape index (κ1) is 25.6. The number of nitrogens with zero attached hydrogens (tertiary/aromatic N) is 2. The lowest BCUT2D eigenvalue weighted by Gasteiger charge is -2.24. The lowest BCUT2D eigenvalue weighted by molar-refractivity contribution is -0.660. The van der Waals surface area contributed by atoms with Crippen molar-refractivity contribution in [2.24, 2.45) is 12.5 Å². The number of aromatic nitrogens is 1. The second-order valence-electron chi connectivity index (χ2n) is 12.2. The van der Waals surface area contributed by atoms with Crippen LogP contribution in [0.5, 0.6) is 0 Å². The molecule has 184 valence electrons. The van der Waals surface area contributed by atoms with E-state index in [0.29, 0.717) is 16.7 Å². The smallest absolute Gasteiger partial charge is 0.206 e. The molecule has 0 aliphatic rings. The molecule has 3 heteroatoms. The average Bonchev–Trinajstić information content (AvgIpc) is 2.78. The van der Waals surface area contributed by atoms with Crippen molar-refractivity contribution in [3.63, 3.8) is 0 Å². The van der Waals surface area contributed by atoms with Gasteiger partial charge in [-0.2, -0.15) is 9.83 Å². The Hall–Kier alpha value is -3.51. The third kappa shape index (κ3) is 4.91. The molecule has 0 N–H and O–H groups in total. The number of fused-ring (bicyclic) bond motifs is 1. The Kier molecular flexibility index (Phi) is 6.52. The molecule has 3 aromatic carbocycles. The van der Waals surface area contributed by atoms with Gasteiger partial charge in [-0.3, -0.25) is 0 Å². The Morgan fingerprint density at radius 3 is 2.11 bits per heavy atom. The van der Waals surface area contributed by atoms with E-state index in [2.05, 4.69) is 84.9 Å². The van der Waals surface area contributed by atoms with E-state index < -0.39 is 0 Å². The molecule has 4 aromatic rings. The Bertz CT molecular complexity index is 1510. The van der Waals surface area contributed by atoms with Crippen LogP contribution in [0, 0.1) is 29.5 Å². The number of pyridine rings is 1. The van der Waals surface area contributed by atoms with Crippen LogP contribution in [0.2, 0.25) is 0 Å². The molecule has 0 radical (unpaired) electrons. The molecule has 0 atom stereocenters. The molecular formula is C33H36FN2+. The summed E-state index contributed by atoms with van der Waals surface area (Å²) < 4.78 is 17.4. The third-order valence-corrected chi connectivity index (χ3v) is 6.85. The summed E-state index contributed by atoms with van der Waals surface area (Å²) in [6.45, 7) is 15.3. The topological polar surface area (TPSA) is 27.7 Å². The van der Waals surface area contributed by atoms with Crippen LogP contribution in [0.3, 0.4) is 0 Å². The molecule has 0 amide bonds. The van der Waals surface area contributed by atoms with Gasteiger partial charge in [-0.1, -0.05) is 77.9 Å². The van der Waals surface area contributed by atoms with E-state index in [9.17, 15) is 5.26 Å². The van der Waals surface area contributed by atoms with Crippen LogP contribution < -0.4 is 4.57 Å². The van der Waals surface area contributed by atoms with E-state index in [-0.39, 0.29) is 16.6 Å². The molecular weight excluding hydrogens is 443 g/mol. The zero-order valence-corrected chi connectivity index (χ0v) is 22.8. The molecule has 0 spiro atoms. The van der Waals surface area contributed by atoms with Gasteiger partial charge in [0.25, 0.3) is 0 Å². The SMILES string of the molecule is Cc1c(-c2cc(-c3ccc(CC(C)(C)C)cc3F)c(C#N)c[n+]2C)cc(C(C)(C)C)c2ccccc12. The molecule has 0 fully saturated rings. The maximum atomic E-state index is 15.5. The second kappa shape index (κ2) is 9.17. The highest BCUT2D eigenvalue weighted by Crippen LogP contribution is 2.38. The Morgan fingerprint density at radius 1 is 0.861 bits per heavy atom. The summed E-state index contributed by atoms with van der Waals surface area (Å²) in [6, 6.07) is 20.5. The van der Waals surface area contributed by atoms with Crippen molar-refractivity contribution in [3.05, 3.63) is 88.9 Å². The van der Waals surface area contributed by atoms with Crippen molar-refractivity contribution < 1.29 is 8.96 Å². The Balaban J connectivity index is 1.96. The molecule has 2 nitrogen and oxygen atoms in total. The van der Waals surface area contributed by atoms with E-state index in [0.717, 1.165) is 23.2 Å². The van der Waals surface area contributed by atoms with Gasteiger partial charge in [0.2, 0.25) is 5.69 Å². The maximum absolute atomic E-state index is 15.5. The van der Waals surface area contributed by atoms with Crippen molar-refractivity contribution in [2.45, 2.75) is 60.3 Å².